The zero-order valence-corrected chi connectivity index (χ0v) is 14.4. The molecule has 0 spiro atoms. The summed E-state index contributed by atoms with van der Waals surface area (Å²) in [4.78, 5) is 0.204. The van der Waals surface area contributed by atoms with Gasteiger partial charge in [0, 0.05) is 16.6 Å². The summed E-state index contributed by atoms with van der Waals surface area (Å²) in [6.45, 7) is 0.509. The molecule has 1 saturated carbocycles. The third-order valence-corrected chi connectivity index (χ3v) is 5.84. The van der Waals surface area contributed by atoms with E-state index in [9.17, 15) is 8.42 Å². The van der Waals surface area contributed by atoms with E-state index in [4.69, 9.17) is 10.5 Å². The molecule has 1 aromatic rings. The van der Waals surface area contributed by atoms with Gasteiger partial charge in [0.15, 0.2) is 0 Å². The van der Waals surface area contributed by atoms with Gasteiger partial charge in [-0.1, -0.05) is 28.8 Å². The van der Waals surface area contributed by atoms with E-state index < -0.39 is 10.0 Å². The molecule has 21 heavy (non-hydrogen) atoms. The van der Waals surface area contributed by atoms with E-state index in [1.165, 1.54) is 13.2 Å². The van der Waals surface area contributed by atoms with Crippen LogP contribution in [0.3, 0.4) is 0 Å². The molecule has 1 aromatic carbocycles. The molecule has 0 aliphatic heterocycles. The molecular formula is C14H21BrN2O3S. The molecule has 2 unspecified atom stereocenters. The van der Waals surface area contributed by atoms with Gasteiger partial charge in [0.25, 0.3) is 0 Å². The van der Waals surface area contributed by atoms with Crippen LogP contribution in [0.25, 0.3) is 0 Å². The molecule has 1 aliphatic carbocycles. The lowest BCUT2D eigenvalue weighted by atomic mass is 9.85. The number of ether oxygens (including phenoxy) is 1. The van der Waals surface area contributed by atoms with Crippen molar-refractivity contribution in [3.63, 3.8) is 0 Å². The van der Waals surface area contributed by atoms with E-state index in [0.717, 1.165) is 25.7 Å². The maximum absolute atomic E-state index is 12.6. The Morgan fingerprint density at radius 1 is 1.33 bits per heavy atom. The van der Waals surface area contributed by atoms with E-state index >= 15 is 0 Å². The van der Waals surface area contributed by atoms with Crippen molar-refractivity contribution < 1.29 is 13.2 Å². The average molecular weight is 377 g/mol. The van der Waals surface area contributed by atoms with Crippen molar-refractivity contribution in [1.82, 2.24) is 4.72 Å². The first-order chi connectivity index (χ1) is 9.96. The van der Waals surface area contributed by atoms with Gasteiger partial charge in [0.05, 0.1) is 12.0 Å². The number of hydrogen-bond donors (Lipinski definition) is 2. The Hall–Kier alpha value is -0.630. The number of hydrogen-bond acceptors (Lipinski definition) is 4. The number of nitrogens with one attached hydrogen (secondary N) is 1. The second-order valence-corrected chi connectivity index (χ2v) is 7.96. The number of methoxy groups -OCH3 is 1. The molecule has 2 atom stereocenters. The molecule has 1 aliphatic rings. The Bertz CT molecular complexity index is 592. The first-order valence-electron chi connectivity index (χ1n) is 7.03. The van der Waals surface area contributed by atoms with Crippen LogP contribution in [-0.2, 0) is 10.0 Å². The second-order valence-electron chi connectivity index (χ2n) is 5.33. The Morgan fingerprint density at radius 3 is 2.71 bits per heavy atom. The van der Waals surface area contributed by atoms with Crippen LogP contribution < -0.4 is 15.2 Å². The van der Waals surface area contributed by atoms with Crippen molar-refractivity contribution in [2.24, 2.45) is 11.7 Å². The Labute approximate surface area is 134 Å². The minimum absolute atomic E-state index is 0.0845. The molecule has 0 radical (unpaired) electrons. The van der Waals surface area contributed by atoms with Crippen LogP contribution in [0.15, 0.2) is 27.6 Å². The normalized spacial score (nSPS) is 23.0. The van der Waals surface area contributed by atoms with Gasteiger partial charge in [0.2, 0.25) is 10.0 Å². The van der Waals surface area contributed by atoms with Crippen molar-refractivity contribution in [3.05, 3.63) is 22.7 Å². The summed E-state index contributed by atoms with van der Waals surface area (Å²) in [6.07, 6.45) is 3.97. The van der Waals surface area contributed by atoms with E-state index in [-0.39, 0.29) is 16.9 Å². The standard InChI is InChI=1S/C14H21BrN2O3S/c1-20-12-6-11(15)7-13(8-12)21(18,19)17-14-5-3-2-4-10(14)9-16/h6-8,10,14,17H,2-5,9,16H2,1H3. The van der Waals surface area contributed by atoms with Gasteiger partial charge in [-0.3, -0.25) is 0 Å². The Kier molecular flexibility index (Phi) is 5.65. The van der Waals surface area contributed by atoms with E-state index in [0.29, 0.717) is 16.8 Å². The fourth-order valence-electron chi connectivity index (χ4n) is 2.72. The van der Waals surface area contributed by atoms with Gasteiger partial charge in [0.1, 0.15) is 5.75 Å². The maximum atomic E-state index is 12.6. The van der Waals surface area contributed by atoms with Crippen LogP contribution in [0.4, 0.5) is 0 Å². The summed E-state index contributed by atoms with van der Waals surface area (Å²) in [7, 11) is -2.06. The highest BCUT2D eigenvalue weighted by atomic mass is 79.9. The maximum Gasteiger partial charge on any atom is 0.241 e. The monoisotopic (exact) mass is 376 g/mol. The largest absolute Gasteiger partial charge is 0.497 e. The highest BCUT2D eigenvalue weighted by molar-refractivity contribution is 9.10. The van der Waals surface area contributed by atoms with Crippen molar-refractivity contribution in [2.75, 3.05) is 13.7 Å². The summed E-state index contributed by atoms with van der Waals surface area (Å²) in [5.74, 6) is 0.714. The summed E-state index contributed by atoms with van der Waals surface area (Å²) < 4.78 is 33.7. The second kappa shape index (κ2) is 7.09. The van der Waals surface area contributed by atoms with Crippen molar-refractivity contribution in [2.45, 2.75) is 36.6 Å². The van der Waals surface area contributed by atoms with E-state index in [1.807, 2.05) is 0 Å². The van der Waals surface area contributed by atoms with Crippen LogP contribution in [0.5, 0.6) is 5.75 Å². The average Bonchev–Trinajstić information content (AvgIpc) is 2.46. The van der Waals surface area contributed by atoms with Gasteiger partial charge in [-0.25, -0.2) is 13.1 Å². The van der Waals surface area contributed by atoms with Crippen LogP contribution in [0, 0.1) is 5.92 Å². The van der Waals surface area contributed by atoms with E-state index in [1.54, 1.807) is 12.1 Å². The first-order valence-corrected chi connectivity index (χ1v) is 9.31. The molecule has 1 fully saturated rings. The highest BCUT2D eigenvalue weighted by Gasteiger charge is 2.29. The van der Waals surface area contributed by atoms with Crippen molar-refractivity contribution >= 4 is 26.0 Å². The van der Waals surface area contributed by atoms with E-state index in [2.05, 4.69) is 20.7 Å². The first kappa shape index (κ1) is 16.7. The van der Waals surface area contributed by atoms with Gasteiger partial charge in [-0.15, -0.1) is 0 Å². The summed E-state index contributed by atoms with van der Waals surface area (Å²) in [6, 6.07) is 4.74. The minimum atomic E-state index is -3.57. The number of sulfonamides is 1. The van der Waals surface area contributed by atoms with Crippen molar-refractivity contribution in [3.8, 4) is 5.75 Å². The Morgan fingerprint density at radius 2 is 2.05 bits per heavy atom. The SMILES string of the molecule is COc1cc(Br)cc(S(=O)(=O)NC2CCCCC2CN)c1. The molecule has 118 valence electrons. The molecule has 0 amide bonds. The predicted octanol–water partition coefficient (Wildman–Crippen LogP) is 2.25. The zero-order chi connectivity index (χ0) is 15.5. The van der Waals surface area contributed by atoms with Crippen LogP contribution >= 0.6 is 15.9 Å². The molecule has 0 saturated heterocycles. The van der Waals surface area contributed by atoms with Gasteiger partial charge < -0.3 is 10.5 Å². The Balaban J connectivity index is 2.23. The zero-order valence-electron chi connectivity index (χ0n) is 12.0. The third kappa shape index (κ3) is 4.18. The number of halogens is 1. The fraction of sp³-hybridized carbons (Fsp3) is 0.571. The number of nitrogens with two attached hydrogens (primary N) is 1. The summed E-state index contributed by atoms with van der Waals surface area (Å²) in [5, 5.41) is 0. The van der Waals surface area contributed by atoms with Crippen molar-refractivity contribution in [1.29, 1.82) is 0 Å². The van der Waals surface area contributed by atoms with Crippen LogP contribution in [0.1, 0.15) is 25.7 Å². The third-order valence-electron chi connectivity index (χ3n) is 3.91. The molecule has 0 bridgehead atoms. The quantitative estimate of drug-likeness (QED) is 0.825. The summed E-state index contributed by atoms with van der Waals surface area (Å²) >= 11 is 3.30. The molecular weight excluding hydrogens is 356 g/mol. The smallest absolute Gasteiger partial charge is 0.241 e. The molecule has 3 N–H and O–H groups in total. The van der Waals surface area contributed by atoms with Crippen LogP contribution in [0.2, 0.25) is 0 Å². The highest BCUT2D eigenvalue weighted by Crippen LogP contribution is 2.27. The molecule has 0 heterocycles. The predicted molar refractivity (Wildman–Crippen MR) is 85.8 cm³/mol. The van der Waals surface area contributed by atoms with Crippen LogP contribution in [-0.4, -0.2) is 28.1 Å². The lowest BCUT2D eigenvalue weighted by Gasteiger charge is -2.31. The fourth-order valence-corrected chi connectivity index (χ4v) is 4.74. The van der Waals surface area contributed by atoms with Gasteiger partial charge in [-0.2, -0.15) is 0 Å². The molecule has 7 heteroatoms. The van der Waals surface area contributed by atoms with Gasteiger partial charge in [-0.05, 0) is 37.4 Å². The summed E-state index contributed by atoms with van der Waals surface area (Å²) in [5.41, 5.74) is 5.76. The number of rotatable bonds is 5. The molecule has 0 aromatic heterocycles. The lowest BCUT2D eigenvalue weighted by molar-refractivity contribution is 0.296. The molecule has 5 nitrogen and oxygen atoms in total. The molecule has 2 rings (SSSR count). The van der Waals surface area contributed by atoms with Gasteiger partial charge >= 0.3 is 0 Å². The topological polar surface area (TPSA) is 81.4 Å². The lowest BCUT2D eigenvalue weighted by Crippen LogP contribution is -2.44. The minimum Gasteiger partial charge on any atom is -0.497 e. The number of benzene rings is 1.